The van der Waals surface area contributed by atoms with E-state index in [0.717, 1.165) is 29.4 Å². The molecule has 8 heteroatoms. The van der Waals surface area contributed by atoms with Crippen LogP contribution in [0.15, 0.2) is 24.3 Å². The number of nitrogens with two attached hydrogens (primary N) is 1. The van der Waals surface area contributed by atoms with Crippen molar-refractivity contribution in [2.45, 2.75) is 58.1 Å². The van der Waals surface area contributed by atoms with Gasteiger partial charge >= 0.3 is 6.15 Å². The number of nitrogens with one attached hydrogen (secondary N) is 1. The van der Waals surface area contributed by atoms with Crippen molar-refractivity contribution in [2.75, 3.05) is 12.3 Å². The van der Waals surface area contributed by atoms with Crippen molar-refractivity contribution in [1.29, 1.82) is 0 Å². The van der Waals surface area contributed by atoms with Gasteiger partial charge in [-0.25, -0.2) is 0 Å². The van der Waals surface area contributed by atoms with Gasteiger partial charge in [-0.05, 0) is 64.7 Å². The van der Waals surface area contributed by atoms with Crippen LogP contribution in [0.3, 0.4) is 0 Å². The number of hydrogen-bond donors (Lipinski definition) is 3. The topological polar surface area (TPSA) is 132 Å². The fraction of sp³-hybridized carbons (Fsp3) is 0.500. The van der Waals surface area contributed by atoms with Crippen molar-refractivity contribution in [3.63, 3.8) is 0 Å². The fourth-order valence-electron chi connectivity index (χ4n) is 3.61. The Kier molecular flexibility index (Phi) is 7.92. The molecule has 0 saturated heterocycles. The predicted octanol–water partition coefficient (Wildman–Crippen LogP) is 2.37. The van der Waals surface area contributed by atoms with Crippen LogP contribution >= 0.6 is 0 Å². The van der Waals surface area contributed by atoms with Gasteiger partial charge in [-0.1, -0.05) is 6.07 Å². The highest BCUT2D eigenvalue weighted by Gasteiger charge is 2.29. The summed E-state index contributed by atoms with van der Waals surface area (Å²) in [5.41, 5.74) is 7.95. The van der Waals surface area contributed by atoms with Gasteiger partial charge < -0.3 is 20.9 Å². The number of rotatable bonds is 5. The SMILES string of the molecule is Cc1cc(N)c2c(OCC(C)(C)NC(=O)C3CCC(O)CC3)cccc2n1.O=C=O. The standard InChI is InChI=1S/C21H29N3O3.CO2/c1-13-11-16(22)19-17(23-13)5-4-6-18(19)27-12-21(2,3)24-20(26)14-7-9-15(25)10-8-14;2-1-3/h4-6,11,14-15,25H,7-10,12H2,1-3H3,(H2,22,23)(H,24,26);. The number of anilines is 1. The zero-order valence-electron chi connectivity index (χ0n) is 17.6. The first-order valence-electron chi connectivity index (χ1n) is 9.95. The van der Waals surface area contributed by atoms with Gasteiger partial charge in [0, 0.05) is 17.3 Å². The minimum atomic E-state index is -0.526. The van der Waals surface area contributed by atoms with Crippen LogP contribution < -0.4 is 15.8 Å². The summed E-state index contributed by atoms with van der Waals surface area (Å²) < 4.78 is 6.04. The second-order valence-corrected chi connectivity index (χ2v) is 8.25. The Morgan fingerprint density at radius 2 is 1.93 bits per heavy atom. The highest BCUT2D eigenvalue weighted by molar-refractivity contribution is 5.95. The zero-order valence-corrected chi connectivity index (χ0v) is 17.6. The summed E-state index contributed by atoms with van der Waals surface area (Å²) in [4.78, 5) is 33.3. The molecule has 0 unspecified atom stereocenters. The summed E-state index contributed by atoms with van der Waals surface area (Å²) in [6.07, 6.45) is 2.83. The molecule has 30 heavy (non-hydrogen) atoms. The zero-order chi connectivity index (χ0) is 22.3. The minimum absolute atomic E-state index is 0.0326. The Morgan fingerprint density at radius 1 is 1.30 bits per heavy atom. The number of amides is 1. The second kappa shape index (κ2) is 10.2. The molecule has 1 aromatic heterocycles. The van der Waals surface area contributed by atoms with Gasteiger partial charge in [0.2, 0.25) is 5.91 Å². The molecular weight excluding hydrogens is 386 g/mol. The van der Waals surface area contributed by atoms with Crippen LogP contribution in [0.5, 0.6) is 5.75 Å². The van der Waals surface area contributed by atoms with E-state index < -0.39 is 5.54 Å². The Bertz CT molecular complexity index is 914. The lowest BCUT2D eigenvalue weighted by atomic mass is 9.86. The van der Waals surface area contributed by atoms with Gasteiger partial charge in [-0.2, -0.15) is 9.59 Å². The smallest absolute Gasteiger partial charge is 0.373 e. The summed E-state index contributed by atoms with van der Waals surface area (Å²) >= 11 is 0. The van der Waals surface area contributed by atoms with E-state index in [0.29, 0.717) is 30.9 Å². The van der Waals surface area contributed by atoms with Crippen molar-refractivity contribution in [3.8, 4) is 5.75 Å². The maximum absolute atomic E-state index is 12.6. The Hall–Kier alpha value is -2.96. The summed E-state index contributed by atoms with van der Waals surface area (Å²) in [5, 5.41) is 13.5. The molecule has 162 valence electrons. The lowest BCUT2D eigenvalue weighted by Crippen LogP contribution is -2.50. The number of carbonyl (C=O) groups is 1. The lowest BCUT2D eigenvalue weighted by Gasteiger charge is -2.31. The number of aryl methyl sites for hydroxylation is 1. The molecule has 0 spiro atoms. The molecule has 8 nitrogen and oxygen atoms in total. The molecule has 0 aliphatic heterocycles. The minimum Gasteiger partial charge on any atom is -0.490 e. The number of aliphatic hydroxyl groups excluding tert-OH is 1. The molecular formula is C22H29N3O5. The molecule has 1 aliphatic carbocycles. The lowest BCUT2D eigenvalue weighted by molar-refractivity contribution is -0.191. The third-order valence-electron chi connectivity index (χ3n) is 5.07. The van der Waals surface area contributed by atoms with Crippen molar-refractivity contribution in [3.05, 3.63) is 30.0 Å². The Balaban J connectivity index is 0.00000101. The predicted molar refractivity (Wildman–Crippen MR) is 112 cm³/mol. The molecule has 3 rings (SSSR count). The summed E-state index contributed by atoms with van der Waals surface area (Å²) in [7, 11) is 0. The summed E-state index contributed by atoms with van der Waals surface area (Å²) in [5.74, 6) is 0.666. The van der Waals surface area contributed by atoms with Gasteiger partial charge in [0.1, 0.15) is 12.4 Å². The number of carbonyl (C=O) groups excluding carboxylic acids is 3. The van der Waals surface area contributed by atoms with E-state index in [4.69, 9.17) is 20.1 Å². The van der Waals surface area contributed by atoms with Gasteiger partial charge in [0.25, 0.3) is 0 Å². The molecule has 2 aromatic rings. The van der Waals surface area contributed by atoms with Crippen molar-refractivity contribution < 1.29 is 24.2 Å². The van der Waals surface area contributed by atoms with Crippen LogP contribution in [0.2, 0.25) is 0 Å². The number of aliphatic hydroxyl groups is 1. The van der Waals surface area contributed by atoms with Crippen LogP contribution in [0.1, 0.15) is 45.2 Å². The highest BCUT2D eigenvalue weighted by Crippen LogP contribution is 2.31. The number of fused-ring (bicyclic) bond motifs is 1. The quantitative estimate of drug-likeness (QED) is 0.683. The first kappa shape index (κ1) is 23.3. The fourth-order valence-corrected chi connectivity index (χ4v) is 3.61. The maximum atomic E-state index is 12.6. The third-order valence-corrected chi connectivity index (χ3v) is 5.07. The molecule has 1 aliphatic rings. The third kappa shape index (κ3) is 6.27. The van der Waals surface area contributed by atoms with Gasteiger partial charge in [0.15, 0.2) is 0 Å². The monoisotopic (exact) mass is 415 g/mol. The van der Waals surface area contributed by atoms with Gasteiger partial charge in [-0.3, -0.25) is 9.78 Å². The molecule has 1 fully saturated rings. The number of aromatic nitrogens is 1. The van der Waals surface area contributed by atoms with E-state index in [1.54, 1.807) is 0 Å². The van der Waals surface area contributed by atoms with Gasteiger partial charge in [0.05, 0.1) is 22.5 Å². The first-order chi connectivity index (χ1) is 14.2. The molecule has 1 saturated carbocycles. The van der Waals surface area contributed by atoms with E-state index in [-0.39, 0.29) is 24.1 Å². The molecule has 0 radical (unpaired) electrons. The molecule has 4 N–H and O–H groups in total. The first-order valence-corrected chi connectivity index (χ1v) is 9.95. The Labute approximate surface area is 175 Å². The van der Waals surface area contributed by atoms with Crippen LogP contribution in [-0.4, -0.2) is 40.4 Å². The van der Waals surface area contributed by atoms with Gasteiger partial charge in [-0.15, -0.1) is 0 Å². The van der Waals surface area contributed by atoms with Crippen LogP contribution in [0, 0.1) is 12.8 Å². The van der Waals surface area contributed by atoms with E-state index >= 15 is 0 Å². The number of nitrogens with zero attached hydrogens (tertiary/aromatic N) is 1. The Morgan fingerprint density at radius 3 is 2.57 bits per heavy atom. The molecule has 1 heterocycles. The second-order valence-electron chi connectivity index (χ2n) is 8.25. The molecule has 0 atom stereocenters. The van der Waals surface area contributed by atoms with Crippen LogP contribution in [0.25, 0.3) is 10.9 Å². The average Bonchev–Trinajstić information content (AvgIpc) is 2.66. The summed E-state index contributed by atoms with van der Waals surface area (Å²) in [6, 6.07) is 7.51. The van der Waals surface area contributed by atoms with Crippen molar-refractivity contribution in [2.24, 2.45) is 5.92 Å². The van der Waals surface area contributed by atoms with E-state index in [1.165, 1.54) is 0 Å². The van der Waals surface area contributed by atoms with E-state index in [9.17, 15) is 9.90 Å². The normalized spacial score (nSPS) is 18.7. The number of benzene rings is 1. The average molecular weight is 415 g/mol. The van der Waals surface area contributed by atoms with Crippen LogP contribution in [0.4, 0.5) is 5.69 Å². The molecule has 1 aromatic carbocycles. The molecule has 1 amide bonds. The van der Waals surface area contributed by atoms with Crippen molar-refractivity contribution in [1.82, 2.24) is 10.3 Å². The largest absolute Gasteiger partial charge is 0.490 e. The number of hydrogen-bond acceptors (Lipinski definition) is 7. The molecule has 0 bridgehead atoms. The number of nitrogen functional groups attached to an aromatic ring is 1. The van der Waals surface area contributed by atoms with E-state index in [1.807, 2.05) is 45.0 Å². The van der Waals surface area contributed by atoms with Crippen LogP contribution in [-0.2, 0) is 14.4 Å². The number of ether oxygens (including phenoxy) is 1. The van der Waals surface area contributed by atoms with Crippen molar-refractivity contribution >= 4 is 28.6 Å². The highest BCUT2D eigenvalue weighted by atomic mass is 16.5. The van der Waals surface area contributed by atoms with E-state index in [2.05, 4.69) is 10.3 Å². The maximum Gasteiger partial charge on any atom is 0.373 e. The summed E-state index contributed by atoms with van der Waals surface area (Å²) in [6.45, 7) is 6.12. The number of pyridine rings is 1.